The van der Waals surface area contributed by atoms with Crippen molar-refractivity contribution < 1.29 is 39.3 Å². The number of carbonyl (C=O) groups is 5. The minimum atomic E-state index is -1.37. The fourth-order valence-corrected chi connectivity index (χ4v) is 2.23. The van der Waals surface area contributed by atoms with Crippen LogP contribution in [-0.2, 0) is 24.0 Å². The van der Waals surface area contributed by atoms with Gasteiger partial charge in [-0.25, -0.2) is 4.79 Å². The fourth-order valence-electron chi connectivity index (χ4n) is 2.23. The molecule has 3 unspecified atom stereocenters. The van der Waals surface area contributed by atoms with Crippen LogP contribution in [0.3, 0.4) is 0 Å². The molecule has 9 N–H and O–H groups in total. The first kappa shape index (κ1) is 25.2. The van der Waals surface area contributed by atoms with Gasteiger partial charge in [0.05, 0.1) is 18.5 Å². The van der Waals surface area contributed by atoms with Crippen LogP contribution >= 0.6 is 0 Å². The number of carboxylic acid groups (broad SMARTS) is 3. The number of carboxylic acids is 3. The summed E-state index contributed by atoms with van der Waals surface area (Å²) < 4.78 is 0. The Labute approximate surface area is 160 Å². The molecule has 0 saturated heterocycles. The number of aliphatic carboxylic acids is 3. The molecular weight excluding hydrogens is 376 g/mol. The highest BCUT2D eigenvalue weighted by Crippen LogP contribution is 2.13. The Kier molecular flexibility index (Phi) is 10.6. The van der Waals surface area contributed by atoms with E-state index in [0.717, 1.165) is 0 Å². The third kappa shape index (κ3) is 9.21. The summed E-state index contributed by atoms with van der Waals surface area (Å²) >= 11 is 0. The maximum absolute atomic E-state index is 11.6. The minimum Gasteiger partial charge on any atom is -0.481 e. The molecule has 0 rings (SSSR count). The number of rotatable bonds is 14. The maximum Gasteiger partial charge on any atom is 0.326 e. The summed E-state index contributed by atoms with van der Waals surface area (Å²) in [4.78, 5) is 56.1. The highest BCUT2D eigenvalue weighted by molar-refractivity contribution is 5.86. The first-order valence-corrected chi connectivity index (χ1v) is 8.25. The summed E-state index contributed by atoms with van der Waals surface area (Å²) in [7, 11) is 0. The van der Waals surface area contributed by atoms with Crippen LogP contribution in [0.5, 0.6) is 0 Å². The van der Waals surface area contributed by atoms with Gasteiger partial charge in [0.15, 0.2) is 0 Å². The molecule has 0 bridgehead atoms. The molecule has 0 radical (unpaired) electrons. The Morgan fingerprint density at radius 3 is 1.89 bits per heavy atom. The lowest BCUT2D eigenvalue weighted by Crippen LogP contribution is -2.53. The van der Waals surface area contributed by atoms with Crippen molar-refractivity contribution in [1.82, 2.24) is 10.6 Å². The van der Waals surface area contributed by atoms with Gasteiger partial charge in [0.2, 0.25) is 5.91 Å². The molecule has 0 aliphatic carbocycles. The van der Waals surface area contributed by atoms with E-state index in [1.165, 1.54) is 6.92 Å². The molecule has 1 amide bonds. The lowest BCUT2D eigenvalue weighted by Gasteiger charge is -2.25. The van der Waals surface area contributed by atoms with Crippen LogP contribution < -0.4 is 22.1 Å². The fraction of sp³-hybridized carbons (Fsp3) is 0.562. The zero-order chi connectivity index (χ0) is 22.0. The van der Waals surface area contributed by atoms with Gasteiger partial charge in [-0.1, -0.05) is 12.2 Å². The number of hydrogen-bond acceptors (Lipinski definition) is 8. The van der Waals surface area contributed by atoms with Gasteiger partial charge in [-0.15, -0.1) is 0 Å². The number of nitrogens with two attached hydrogens (primary N) is 2. The SMILES string of the molecule is C=C(CC(NC(=O)[C@H](C)N)C(=O)O)CC(NC(CC(=O)O)[C@H](N)C=O)C(=O)O. The van der Waals surface area contributed by atoms with E-state index in [-0.39, 0.29) is 24.7 Å². The molecule has 0 heterocycles. The lowest BCUT2D eigenvalue weighted by molar-refractivity contribution is -0.142. The van der Waals surface area contributed by atoms with Gasteiger partial charge in [-0.05, 0) is 19.8 Å². The standard InChI is InChI=1S/C16H26N4O8/c1-7(4-12(16(27)28)20-14(24)8(2)17)3-11(15(25)26)19-10(5-13(22)23)9(18)6-21/h6,8-12,19H,1,3-5,17-18H2,2H3,(H,20,24)(H,22,23)(H,25,26)(H,27,28)/t8-,9+,10?,11?,12?/m0/s1. The van der Waals surface area contributed by atoms with Crippen LogP contribution in [0.15, 0.2) is 12.2 Å². The van der Waals surface area contributed by atoms with Crippen molar-refractivity contribution in [1.29, 1.82) is 0 Å². The Hall–Kier alpha value is -2.83. The molecule has 0 saturated carbocycles. The number of aldehydes is 1. The highest BCUT2D eigenvalue weighted by Gasteiger charge is 2.29. The quantitative estimate of drug-likeness (QED) is 0.120. The van der Waals surface area contributed by atoms with Gasteiger partial charge in [-0.2, -0.15) is 0 Å². The summed E-state index contributed by atoms with van der Waals surface area (Å²) in [6.45, 7) is 4.99. The van der Waals surface area contributed by atoms with Crippen molar-refractivity contribution in [2.24, 2.45) is 11.5 Å². The van der Waals surface area contributed by atoms with E-state index in [0.29, 0.717) is 0 Å². The van der Waals surface area contributed by atoms with Gasteiger partial charge in [-0.3, -0.25) is 19.7 Å². The normalized spacial score (nSPS) is 16.1. The average Bonchev–Trinajstić information content (AvgIpc) is 2.58. The number of nitrogens with one attached hydrogen (secondary N) is 2. The van der Waals surface area contributed by atoms with E-state index in [2.05, 4.69) is 17.2 Å². The summed E-state index contributed by atoms with van der Waals surface area (Å²) in [6, 6.07) is -6.10. The second-order valence-electron chi connectivity index (χ2n) is 6.32. The molecule has 0 aromatic carbocycles. The van der Waals surface area contributed by atoms with Gasteiger partial charge in [0.1, 0.15) is 18.4 Å². The van der Waals surface area contributed by atoms with Crippen molar-refractivity contribution >= 4 is 30.1 Å². The zero-order valence-electron chi connectivity index (χ0n) is 15.3. The molecule has 0 aliphatic heterocycles. The van der Waals surface area contributed by atoms with Gasteiger partial charge < -0.3 is 36.9 Å². The first-order valence-electron chi connectivity index (χ1n) is 8.25. The topological polar surface area (TPSA) is 222 Å². The average molecular weight is 402 g/mol. The van der Waals surface area contributed by atoms with Crippen LogP contribution in [0.25, 0.3) is 0 Å². The van der Waals surface area contributed by atoms with E-state index in [1.54, 1.807) is 0 Å². The molecule has 12 nitrogen and oxygen atoms in total. The van der Waals surface area contributed by atoms with Crippen molar-refractivity contribution in [3.8, 4) is 0 Å². The molecule has 5 atom stereocenters. The Morgan fingerprint density at radius 2 is 1.50 bits per heavy atom. The Balaban J connectivity index is 5.15. The van der Waals surface area contributed by atoms with E-state index in [9.17, 15) is 34.2 Å². The third-order valence-corrected chi connectivity index (χ3v) is 3.74. The molecule has 0 aromatic heterocycles. The van der Waals surface area contributed by atoms with Crippen LogP contribution in [0, 0.1) is 0 Å². The predicted molar refractivity (Wildman–Crippen MR) is 96.2 cm³/mol. The summed E-state index contributed by atoms with van der Waals surface area (Å²) in [5.41, 5.74) is 11.0. The lowest BCUT2D eigenvalue weighted by atomic mass is 9.98. The second-order valence-corrected chi connectivity index (χ2v) is 6.32. The number of carbonyl (C=O) groups excluding carboxylic acids is 2. The number of amides is 1. The summed E-state index contributed by atoms with van der Waals surface area (Å²) in [5.74, 6) is -4.73. The molecule has 158 valence electrons. The van der Waals surface area contributed by atoms with Crippen molar-refractivity contribution in [3.05, 3.63) is 12.2 Å². The van der Waals surface area contributed by atoms with E-state index < -0.39 is 60.4 Å². The minimum absolute atomic E-state index is 0.158. The molecule has 12 heteroatoms. The predicted octanol–water partition coefficient (Wildman–Crippen LogP) is -2.35. The van der Waals surface area contributed by atoms with E-state index >= 15 is 0 Å². The Bertz CT molecular complexity index is 622. The second kappa shape index (κ2) is 11.8. The molecule has 0 fully saturated rings. The summed E-state index contributed by atoms with van der Waals surface area (Å²) in [5, 5.41) is 32.1. The number of hydrogen-bond donors (Lipinski definition) is 7. The molecule has 0 aromatic rings. The zero-order valence-corrected chi connectivity index (χ0v) is 15.3. The first-order chi connectivity index (χ1) is 12.9. The van der Waals surface area contributed by atoms with Gasteiger partial charge >= 0.3 is 17.9 Å². The van der Waals surface area contributed by atoms with Crippen molar-refractivity contribution in [2.45, 2.75) is 56.4 Å². The van der Waals surface area contributed by atoms with Crippen molar-refractivity contribution in [3.63, 3.8) is 0 Å². The van der Waals surface area contributed by atoms with Crippen LogP contribution in [0.4, 0.5) is 0 Å². The van der Waals surface area contributed by atoms with Crippen LogP contribution in [-0.4, -0.2) is 75.6 Å². The monoisotopic (exact) mass is 402 g/mol. The largest absolute Gasteiger partial charge is 0.481 e. The molecule has 0 spiro atoms. The van der Waals surface area contributed by atoms with Crippen molar-refractivity contribution in [2.75, 3.05) is 0 Å². The molecule has 28 heavy (non-hydrogen) atoms. The maximum atomic E-state index is 11.6. The van der Waals surface area contributed by atoms with Gasteiger partial charge in [0, 0.05) is 6.04 Å². The van der Waals surface area contributed by atoms with E-state index in [1.807, 2.05) is 0 Å². The smallest absolute Gasteiger partial charge is 0.326 e. The molecule has 0 aliphatic rings. The van der Waals surface area contributed by atoms with Crippen LogP contribution in [0.1, 0.15) is 26.2 Å². The van der Waals surface area contributed by atoms with E-state index in [4.69, 9.17) is 16.6 Å². The Morgan fingerprint density at radius 1 is 1.00 bits per heavy atom. The summed E-state index contributed by atoms with van der Waals surface area (Å²) in [6.07, 6.45) is -0.867. The molecular formula is C16H26N4O8. The highest BCUT2D eigenvalue weighted by atomic mass is 16.4. The third-order valence-electron chi connectivity index (χ3n) is 3.74. The van der Waals surface area contributed by atoms with Gasteiger partial charge in [0.25, 0.3) is 0 Å². The van der Waals surface area contributed by atoms with Crippen LogP contribution in [0.2, 0.25) is 0 Å².